The van der Waals surface area contributed by atoms with Gasteiger partial charge in [-0.25, -0.2) is 0 Å². The minimum atomic E-state index is 0.737. The molecule has 0 aliphatic heterocycles. The molecule has 0 unspecified atom stereocenters. The highest BCUT2D eigenvalue weighted by molar-refractivity contribution is 6.09. The van der Waals surface area contributed by atoms with Crippen LogP contribution in [-0.2, 0) is 12.8 Å². The SMILES string of the molecule is C\C=C(/C=C\C(=N\C)c1ccccc1C)CC[C@H]1C[C@@H](CCc2ccc(-c3ccccc3C)nc2)C[C@@H](CCc2ccc(-c3ccccc3C)nc2)C1. The lowest BCUT2D eigenvalue weighted by molar-refractivity contribution is 0.172. The molecule has 2 aromatic heterocycles. The van der Waals surface area contributed by atoms with Crippen molar-refractivity contribution in [2.24, 2.45) is 22.7 Å². The summed E-state index contributed by atoms with van der Waals surface area (Å²) in [5.41, 5.74) is 14.7. The average Bonchev–Trinajstić information content (AvgIpc) is 3.19. The number of hydrogen-bond donors (Lipinski definition) is 0. The van der Waals surface area contributed by atoms with Crippen LogP contribution in [0.1, 0.15) is 85.3 Å². The summed E-state index contributed by atoms with van der Waals surface area (Å²) in [5, 5.41) is 0. The second-order valence-corrected chi connectivity index (χ2v) is 15.3. The number of allylic oxidation sites excluding steroid dienone is 4. The molecule has 0 amide bonds. The van der Waals surface area contributed by atoms with Crippen molar-refractivity contribution in [3.63, 3.8) is 0 Å². The monoisotopic (exact) mass is 699 g/mol. The molecule has 0 bridgehead atoms. The van der Waals surface area contributed by atoms with E-state index in [1.54, 1.807) is 0 Å². The van der Waals surface area contributed by atoms with Crippen LogP contribution >= 0.6 is 0 Å². The van der Waals surface area contributed by atoms with Gasteiger partial charge in [0.25, 0.3) is 0 Å². The van der Waals surface area contributed by atoms with Gasteiger partial charge in [-0.15, -0.1) is 0 Å². The molecule has 3 atom stereocenters. The van der Waals surface area contributed by atoms with Gasteiger partial charge in [0.05, 0.1) is 17.1 Å². The number of pyridine rings is 2. The third-order valence-electron chi connectivity index (χ3n) is 11.5. The Bertz CT molecular complexity index is 1910. The fraction of sp³-hybridized carbons (Fsp3) is 0.340. The summed E-state index contributed by atoms with van der Waals surface area (Å²) < 4.78 is 0. The minimum Gasteiger partial charge on any atom is -0.288 e. The zero-order valence-corrected chi connectivity index (χ0v) is 32.6. The van der Waals surface area contributed by atoms with Crippen LogP contribution in [0.15, 0.2) is 138 Å². The van der Waals surface area contributed by atoms with Gasteiger partial charge in [-0.2, -0.15) is 0 Å². The van der Waals surface area contributed by atoms with Crippen LogP contribution in [-0.4, -0.2) is 22.7 Å². The van der Waals surface area contributed by atoms with Gasteiger partial charge in [0.15, 0.2) is 0 Å². The van der Waals surface area contributed by atoms with Crippen molar-refractivity contribution in [3.05, 3.63) is 167 Å². The predicted molar refractivity (Wildman–Crippen MR) is 226 cm³/mol. The second-order valence-electron chi connectivity index (χ2n) is 15.3. The second kappa shape index (κ2) is 18.7. The predicted octanol–water partition coefficient (Wildman–Crippen LogP) is 12.7. The quantitative estimate of drug-likeness (QED) is 0.0855. The highest BCUT2D eigenvalue weighted by Gasteiger charge is 2.28. The van der Waals surface area contributed by atoms with Gasteiger partial charge < -0.3 is 0 Å². The van der Waals surface area contributed by atoms with Gasteiger partial charge >= 0.3 is 0 Å². The molecule has 1 aliphatic rings. The van der Waals surface area contributed by atoms with Crippen LogP contribution < -0.4 is 0 Å². The number of aryl methyl sites for hydroxylation is 5. The summed E-state index contributed by atoms with van der Waals surface area (Å²) in [6, 6.07) is 34.6. The van der Waals surface area contributed by atoms with Crippen molar-refractivity contribution in [1.29, 1.82) is 0 Å². The van der Waals surface area contributed by atoms with Crippen LogP contribution in [0.3, 0.4) is 0 Å². The molecule has 3 aromatic carbocycles. The van der Waals surface area contributed by atoms with Gasteiger partial charge in [-0.05, 0) is 149 Å². The summed E-state index contributed by atoms with van der Waals surface area (Å²) >= 11 is 0. The molecule has 5 aromatic rings. The molecule has 3 nitrogen and oxygen atoms in total. The molecule has 2 heterocycles. The minimum absolute atomic E-state index is 0.737. The summed E-state index contributed by atoms with van der Waals surface area (Å²) in [6.45, 7) is 8.67. The van der Waals surface area contributed by atoms with Crippen molar-refractivity contribution in [3.8, 4) is 22.5 Å². The maximum Gasteiger partial charge on any atom is 0.0704 e. The van der Waals surface area contributed by atoms with Crippen LogP contribution in [0, 0.1) is 38.5 Å². The largest absolute Gasteiger partial charge is 0.288 e. The van der Waals surface area contributed by atoms with Gasteiger partial charge in [0.1, 0.15) is 0 Å². The lowest BCUT2D eigenvalue weighted by Crippen LogP contribution is -2.24. The number of rotatable bonds is 14. The summed E-state index contributed by atoms with van der Waals surface area (Å²) in [7, 11) is 1.90. The fourth-order valence-electron chi connectivity index (χ4n) is 8.36. The first-order valence-electron chi connectivity index (χ1n) is 19.8. The van der Waals surface area contributed by atoms with E-state index in [2.05, 4.69) is 160 Å². The van der Waals surface area contributed by atoms with E-state index < -0.39 is 0 Å². The Morgan fingerprint density at radius 2 is 1.09 bits per heavy atom. The molecule has 6 rings (SSSR count). The maximum atomic E-state index is 4.89. The molecule has 1 aliphatic carbocycles. The smallest absolute Gasteiger partial charge is 0.0704 e. The Morgan fingerprint density at radius 1 is 0.604 bits per heavy atom. The standard InChI is InChI=1S/C50H57N3/c1-6-39(25-28-48(51-5)45-16-10-7-13-36(45)2)19-22-42-31-43(23-20-40-26-29-49(52-34-40)46-17-11-8-14-37(46)3)33-44(32-42)24-21-41-27-30-50(53-35-41)47-18-12-9-15-38(47)4/h6-18,25-30,34-35,42-44H,19-24,31-33H2,1-5H3/b28-25-,39-6-,51-48-/t42-,43+,44-. The van der Waals surface area contributed by atoms with Crippen molar-refractivity contribution in [2.45, 2.75) is 85.5 Å². The first kappa shape index (κ1) is 37.9. The molecule has 1 saturated carbocycles. The Balaban J connectivity index is 1.10. The van der Waals surface area contributed by atoms with E-state index in [0.717, 1.165) is 54.1 Å². The third kappa shape index (κ3) is 10.4. The number of aliphatic imine (C=N–C) groups is 1. The van der Waals surface area contributed by atoms with E-state index in [9.17, 15) is 0 Å². The first-order valence-corrected chi connectivity index (χ1v) is 19.8. The van der Waals surface area contributed by atoms with Crippen LogP contribution in [0.25, 0.3) is 22.5 Å². The molecule has 0 radical (unpaired) electrons. The normalized spacial score (nSPS) is 18.1. The van der Waals surface area contributed by atoms with Crippen molar-refractivity contribution >= 4 is 5.71 Å². The van der Waals surface area contributed by atoms with Gasteiger partial charge in [-0.3, -0.25) is 15.0 Å². The lowest BCUT2D eigenvalue weighted by Gasteiger charge is -2.35. The Labute approximate surface area is 319 Å². The van der Waals surface area contributed by atoms with Crippen molar-refractivity contribution < 1.29 is 0 Å². The number of benzene rings is 3. The van der Waals surface area contributed by atoms with E-state index in [-0.39, 0.29) is 0 Å². The molecular formula is C50H57N3. The molecule has 3 heteroatoms. The average molecular weight is 700 g/mol. The summed E-state index contributed by atoms with van der Waals surface area (Å²) in [6.07, 6.45) is 22.0. The molecule has 1 fully saturated rings. The molecule has 53 heavy (non-hydrogen) atoms. The summed E-state index contributed by atoms with van der Waals surface area (Å²) in [5.74, 6) is 2.21. The topological polar surface area (TPSA) is 38.1 Å². The Kier molecular flexibility index (Phi) is 13.4. The third-order valence-corrected chi connectivity index (χ3v) is 11.5. The van der Waals surface area contributed by atoms with Crippen LogP contribution in [0.2, 0.25) is 0 Å². The summed E-state index contributed by atoms with van der Waals surface area (Å²) in [4.78, 5) is 14.4. The molecular weight excluding hydrogens is 643 g/mol. The van der Waals surface area contributed by atoms with Gasteiger partial charge in [-0.1, -0.05) is 103 Å². The fourth-order valence-corrected chi connectivity index (χ4v) is 8.36. The van der Waals surface area contributed by atoms with E-state index in [1.807, 2.05) is 7.05 Å². The number of nitrogens with zero attached hydrogens (tertiary/aromatic N) is 3. The molecule has 0 saturated heterocycles. The molecule has 272 valence electrons. The van der Waals surface area contributed by atoms with Crippen LogP contribution in [0.5, 0.6) is 0 Å². The number of hydrogen-bond acceptors (Lipinski definition) is 3. The maximum absolute atomic E-state index is 4.89. The highest BCUT2D eigenvalue weighted by Crippen LogP contribution is 2.40. The van der Waals surface area contributed by atoms with Crippen molar-refractivity contribution in [2.75, 3.05) is 7.05 Å². The van der Waals surface area contributed by atoms with E-state index in [0.29, 0.717) is 0 Å². The Morgan fingerprint density at radius 3 is 1.55 bits per heavy atom. The van der Waals surface area contributed by atoms with Crippen LogP contribution in [0.4, 0.5) is 0 Å². The van der Waals surface area contributed by atoms with E-state index in [4.69, 9.17) is 9.97 Å². The van der Waals surface area contributed by atoms with E-state index >= 15 is 0 Å². The van der Waals surface area contributed by atoms with Gasteiger partial charge in [0, 0.05) is 36.1 Å². The molecule has 0 N–H and O–H groups in total. The first-order chi connectivity index (χ1) is 25.9. The van der Waals surface area contributed by atoms with Gasteiger partial charge in [0.2, 0.25) is 0 Å². The zero-order valence-electron chi connectivity index (χ0n) is 32.6. The Hall–Kier alpha value is -4.89. The van der Waals surface area contributed by atoms with Crippen molar-refractivity contribution in [1.82, 2.24) is 9.97 Å². The highest BCUT2D eigenvalue weighted by atomic mass is 14.7. The zero-order chi connectivity index (χ0) is 37.0. The number of aromatic nitrogens is 2. The lowest BCUT2D eigenvalue weighted by atomic mass is 9.70. The van der Waals surface area contributed by atoms with E-state index in [1.165, 1.54) is 88.6 Å². The molecule has 0 spiro atoms.